The first-order valence-electron chi connectivity index (χ1n) is 6.52. The highest BCUT2D eigenvalue weighted by Crippen LogP contribution is 2.30. The molecule has 0 aliphatic rings. The van der Waals surface area contributed by atoms with E-state index in [0.29, 0.717) is 5.02 Å². The summed E-state index contributed by atoms with van der Waals surface area (Å²) in [4.78, 5) is 10.9. The summed E-state index contributed by atoms with van der Waals surface area (Å²) in [5, 5.41) is 1.69. The minimum Gasteiger partial charge on any atom is -0.326 e. The Morgan fingerprint density at radius 2 is 1.81 bits per heavy atom. The average molecular weight is 320 g/mol. The Bertz CT molecular complexity index is 732. The number of hydrogen-bond acceptors (Lipinski definition) is 3. The zero-order valence-electron chi connectivity index (χ0n) is 11.5. The van der Waals surface area contributed by atoms with Crippen molar-refractivity contribution in [3.63, 3.8) is 0 Å². The maximum atomic E-state index is 6.03. The molecule has 0 saturated heterocycles. The van der Waals surface area contributed by atoms with Crippen LogP contribution in [0, 0.1) is 0 Å². The largest absolute Gasteiger partial charge is 0.326 e. The second-order valence-electron chi connectivity index (χ2n) is 4.44. The van der Waals surface area contributed by atoms with Gasteiger partial charge in [-0.3, -0.25) is 0 Å². The van der Waals surface area contributed by atoms with E-state index in [1.165, 1.54) is 0 Å². The number of para-hydroxylation sites is 1. The molecule has 0 N–H and O–H groups in total. The summed E-state index contributed by atoms with van der Waals surface area (Å²) in [7, 11) is 0. The lowest BCUT2D eigenvalue weighted by Gasteiger charge is -2.23. The van der Waals surface area contributed by atoms with Crippen molar-refractivity contribution in [2.24, 2.45) is 0 Å². The smallest absolute Gasteiger partial charge is 0.144 e. The highest BCUT2D eigenvalue weighted by atomic mass is 35.5. The normalized spacial score (nSPS) is 10.2. The van der Waals surface area contributed by atoms with Crippen molar-refractivity contribution < 1.29 is 0 Å². The molecular formula is C16H15Cl2N3. The van der Waals surface area contributed by atoms with Crippen molar-refractivity contribution >= 4 is 46.4 Å². The van der Waals surface area contributed by atoms with Crippen LogP contribution in [0.3, 0.4) is 0 Å². The Balaban J connectivity index is 0.00000161. The van der Waals surface area contributed by atoms with Crippen LogP contribution in [0.4, 0.5) is 11.5 Å². The van der Waals surface area contributed by atoms with Gasteiger partial charge in [-0.15, -0.1) is 12.4 Å². The Labute approximate surface area is 135 Å². The van der Waals surface area contributed by atoms with Crippen molar-refractivity contribution in [3.8, 4) is 0 Å². The lowest BCUT2D eigenvalue weighted by atomic mass is 10.2. The van der Waals surface area contributed by atoms with Crippen LogP contribution in [0.25, 0.3) is 10.9 Å². The molecule has 0 spiro atoms. The summed E-state index contributed by atoms with van der Waals surface area (Å²) in [5.41, 5.74) is 1.97. The number of hydrogen-bond donors (Lipinski definition) is 0. The van der Waals surface area contributed by atoms with Crippen LogP contribution in [-0.4, -0.2) is 16.5 Å². The molecule has 0 aliphatic carbocycles. The quantitative estimate of drug-likeness (QED) is 0.690. The van der Waals surface area contributed by atoms with Gasteiger partial charge in [0.2, 0.25) is 0 Å². The van der Waals surface area contributed by atoms with Gasteiger partial charge in [-0.25, -0.2) is 9.97 Å². The predicted octanol–water partition coefficient (Wildman–Crippen LogP) is 4.86. The lowest BCUT2D eigenvalue weighted by molar-refractivity contribution is 0.990. The monoisotopic (exact) mass is 319 g/mol. The van der Waals surface area contributed by atoms with E-state index in [1.54, 1.807) is 6.33 Å². The number of anilines is 2. The van der Waals surface area contributed by atoms with Gasteiger partial charge in [0.25, 0.3) is 0 Å². The fourth-order valence-electron chi connectivity index (χ4n) is 2.29. The maximum absolute atomic E-state index is 6.03. The fourth-order valence-corrected chi connectivity index (χ4v) is 2.46. The summed E-state index contributed by atoms with van der Waals surface area (Å²) in [6, 6.07) is 15.9. The molecule has 3 aromatic rings. The van der Waals surface area contributed by atoms with E-state index >= 15 is 0 Å². The van der Waals surface area contributed by atoms with Gasteiger partial charge in [0.1, 0.15) is 12.1 Å². The van der Waals surface area contributed by atoms with Crippen molar-refractivity contribution in [1.82, 2.24) is 9.97 Å². The van der Waals surface area contributed by atoms with Crippen molar-refractivity contribution in [3.05, 3.63) is 59.9 Å². The third-order valence-electron chi connectivity index (χ3n) is 3.22. The van der Waals surface area contributed by atoms with Gasteiger partial charge in [0.15, 0.2) is 0 Å². The highest BCUT2D eigenvalue weighted by Gasteiger charge is 2.12. The number of benzene rings is 2. The molecule has 3 rings (SSSR count). The second-order valence-corrected chi connectivity index (χ2v) is 4.87. The number of fused-ring (bicyclic) bond motifs is 1. The summed E-state index contributed by atoms with van der Waals surface area (Å²) in [5.74, 6) is 0.903. The van der Waals surface area contributed by atoms with Crippen molar-refractivity contribution in [2.45, 2.75) is 6.92 Å². The molecular weight excluding hydrogens is 305 g/mol. The lowest BCUT2D eigenvalue weighted by Crippen LogP contribution is -2.17. The molecule has 3 nitrogen and oxygen atoms in total. The number of nitrogens with zero attached hydrogens (tertiary/aromatic N) is 3. The molecule has 1 aromatic heterocycles. The van der Waals surface area contributed by atoms with Gasteiger partial charge in [-0.1, -0.05) is 29.8 Å². The molecule has 0 amide bonds. The molecule has 0 saturated carbocycles. The number of halogens is 2. The first-order chi connectivity index (χ1) is 9.79. The third kappa shape index (κ3) is 3.09. The minimum absolute atomic E-state index is 0. The molecule has 0 fully saturated rings. The number of rotatable bonds is 3. The van der Waals surface area contributed by atoms with Gasteiger partial charge in [0, 0.05) is 22.6 Å². The highest BCUT2D eigenvalue weighted by molar-refractivity contribution is 6.31. The zero-order chi connectivity index (χ0) is 13.9. The molecule has 5 heteroatoms. The van der Waals surface area contributed by atoms with Crippen LogP contribution >= 0.6 is 24.0 Å². The van der Waals surface area contributed by atoms with E-state index in [0.717, 1.165) is 29.0 Å². The van der Waals surface area contributed by atoms with E-state index in [4.69, 9.17) is 11.6 Å². The van der Waals surface area contributed by atoms with Gasteiger partial charge < -0.3 is 4.90 Å². The van der Waals surface area contributed by atoms with E-state index < -0.39 is 0 Å². The van der Waals surface area contributed by atoms with Crippen LogP contribution in [-0.2, 0) is 0 Å². The topological polar surface area (TPSA) is 29.0 Å². The van der Waals surface area contributed by atoms with E-state index in [-0.39, 0.29) is 12.4 Å². The Morgan fingerprint density at radius 3 is 2.52 bits per heavy atom. The summed E-state index contributed by atoms with van der Waals surface area (Å²) < 4.78 is 0. The van der Waals surface area contributed by atoms with E-state index in [1.807, 2.05) is 36.4 Å². The molecule has 108 valence electrons. The molecule has 21 heavy (non-hydrogen) atoms. The van der Waals surface area contributed by atoms with Crippen LogP contribution in [0.5, 0.6) is 0 Å². The molecule has 0 aliphatic heterocycles. The third-order valence-corrected chi connectivity index (χ3v) is 3.45. The van der Waals surface area contributed by atoms with Gasteiger partial charge >= 0.3 is 0 Å². The second kappa shape index (κ2) is 6.74. The molecule has 0 radical (unpaired) electrons. The van der Waals surface area contributed by atoms with Crippen LogP contribution in [0.2, 0.25) is 5.02 Å². The Morgan fingerprint density at radius 1 is 1.05 bits per heavy atom. The number of aromatic nitrogens is 2. The summed E-state index contributed by atoms with van der Waals surface area (Å²) in [6.45, 7) is 2.94. The molecule has 2 aromatic carbocycles. The van der Waals surface area contributed by atoms with Crippen LogP contribution < -0.4 is 4.90 Å². The minimum atomic E-state index is 0. The molecule has 1 heterocycles. The fraction of sp³-hybridized carbons (Fsp3) is 0.125. The molecule has 0 bridgehead atoms. The van der Waals surface area contributed by atoms with Gasteiger partial charge in [-0.05, 0) is 37.3 Å². The Kier molecular flexibility index (Phi) is 4.99. The summed E-state index contributed by atoms with van der Waals surface area (Å²) >= 11 is 6.03. The van der Waals surface area contributed by atoms with Gasteiger partial charge in [0.05, 0.1) is 5.52 Å². The first-order valence-corrected chi connectivity index (χ1v) is 6.90. The van der Waals surface area contributed by atoms with Gasteiger partial charge in [-0.2, -0.15) is 0 Å². The van der Waals surface area contributed by atoms with E-state index in [2.05, 4.69) is 33.9 Å². The Hall–Kier alpha value is -1.84. The SMILES string of the molecule is CCN(c1ccccc1)c1ncnc2cc(Cl)ccc12.Cl. The van der Waals surface area contributed by atoms with Crippen molar-refractivity contribution in [1.29, 1.82) is 0 Å². The van der Waals surface area contributed by atoms with E-state index in [9.17, 15) is 0 Å². The zero-order valence-corrected chi connectivity index (χ0v) is 13.1. The molecule has 0 atom stereocenters. The van der Waals surface area contributed by atoms with Crippen LogP contribution in [0.15, 0.2) is 54.9 Å². The van der Waals surface area contributed by atoms with Crippen molar-refractivity contribution in [2.75, 3.05) is 11.4 Å². The molecule has 0 unspecified atom stereocenters. The average Bonchev–Trinajstić information content (AvgIpc) is 2.49. The standard InChI is InChI=1S/C16H14ClN3.ClH/c1-2-20(13-6-4-3-5-7-13)16-14-9-8-12(17)10-15(14)18-11-19-16;/h3-11H,2H2,1H3;1H. The maximum Gasteiger partial charge on any atom is 0.144 e. The summed E-state index contributed by atoms with van der Waals surface area (Å²) in [6.07, 6.45) is 1.58. The van der Waals surface area contributed by atoms with Crippen LogP contribution in [0.1, 0.15) is 6.92 Å². The predicted molar refractivity (Wildman–Crippen MR) is 90.9 cm³/mol. The first kappa shape index (κ1) is 15.5.